The summed E-state index contributed by atoms with van der Waals surface area (Å²) in [6.07, 6.45) is -3.36. The predicted octanol–water partition coefficient (Wildman–Crippen LogP) is 7.75. The topological polar surface area (TPSA) is 80.3 Å². The van der Waals surface area contributed by atoms with Crippen molar-refractivity contribution < 1.29 is 31.9 Å². The van der Waals surface area contributed by atoms with Crippen LogP contribution in [0.3, 0.4) is 0 Å². The maximum Gasteiger partial charge on any atom is 0.416 e. The number of pyridine rings is 1. The largest absolute Gasteiger partial charge is 0.435 e. The summed E-state index contributed by atoms with van der Waals surface area (Å²) in [4.78, 5) is 29.5. The van der Waals surface area contributed by atoms with Gasteiger partial charge in [0.2, 0.25) is 11.8 Å². The van der Waals surface area contributed by atoms with Gasteiger partial charge in [0.1, 0.15) is 0 Å². The second-order valence-electron chi connectivity index (χ2n) is 9.96. The zero-order valence-electron chi connectivity index (χ0n) is 21.6. The van der Waals surface area contributed by atoms with E-state index in [0.29, 0.717) is 40.2 Å². The van der Waals surface area contributed by atoms with Gasteiger partial charge in [-0.05, 0) is 54.1 Å². The van der Waals surface area contributed by atoms with Gasteiger partial charge in [-0.2, -0.15) is 13.2 Å². The molecule has 0 aliphatic rings. The minimum Gasteiger partial charge on any atom is -0.435 e. The van der Waals surface area contributed by atoms with Gasteiger partial charge in [0.25, 0.3) is 5.91 Å². The van der Waals surface area contributed by atoms with Crippen molar-refractivity contribution in [3.8, 4) is 11.6 Å². The van der Waals surface area contributed by atoms with Crippen LogP contribution in [0.1, 0.15) is 42.3 Å². The molecule has 40 heavy (non-hydrogen) atoms. The van der Waals surface area contributed by atoms with Crippen molar-refractivity contribution >= 4 is 39.9 Å². The monoisotopic (exact) mass is 573 g/mol. The highest BCUT2D eigenvalue weighted by atomic mass is 35.5. The van der Waals surface area contributed by atoms with Crippen LogP contribution in [0.25, 0.3) is 10.8 Å². The van der Waals surface area contributed by atoms with Crippen LogP contribution in [0.15, 0.2) is 66.9 Å². The van der Waals surface area contributed by atoms with E-state index in [1.54, 1.807) is 63.2 Å². The number of carbonyl (C=O) groups excluding carboxylic acids is 2. The average molecular weight is 574 g/mol. The van der Waals surface area contributed by atoms with Crippen LogP contribution in [0.5, 0.6) is 11.6 Å². The molecule has 6 nitrogen and oxygen atoms in total. The first-order valence-corrected chi connectivity index (χ1v) is 12.4. The third-order valence-corrected chi connectivity index (χ3v) is 6.22. The Hall–Kier alpha value is -4.18. The van der Waals surface area contributed by atoms with E-state index in [4.69, 9.17) is 16.3 Å². The summed E-state index contributed by atoms with van der Waals surface area (Å²) in [6.45, 7) is 5.56. The Morgan fingerprint density at radius 2 is 1.73 bits per heavy atom. The lowest BCUT2D eigenvalue weighted by Crippen LogP contribution is -2.34. The molecule has 0 fully saturated rings. The molecule has 2 N–H and O–H groups in total. The second-order valence-corrected chi connectivity index (χ2v) is 10.4. The summed E-state index contributed by atoms with van der Waals surface area (Å²) in [5, 5.41) is 6.54. The molecule has 2 amide bonds. The smallest absolute Gasteiger partial charge is 0.416 e. The third-order valence-electron chi connectivity index (χ3n) is 5.89. The van der Waals surface area contributed by atoms with Crippen molar-refractivity contribution in [2.45, 2.75) is 33.5 Å². The quantitative estimate of drug-likeness (QED) is 0.231. The van der Waals surface area contributed by atoms with E-state index in [1.165, 1.54) is 6.20 Å². The highest BCUT2D eigenvalue weighted by molar-refractivity contribution is 6.34. The van der Waals surface area contributed by atoms with E-state index in [9.17, 15) is 27.2 Å². The number of fused-ring (bicyclic) bond motifs is 1. The molecule has 0 aliphatic heterocycles. The normalized spacial score (nSPS) is 11.8. The molecule has 4 aromatic rings. The van der Waals surface area contributed by atoms with Crippen LogP contribution in [-0.2, 0) is 17.5 Å². The number of aromatic nitrogens is 1. The van der Waals surface area contributed by atoms with Crippen LogP contribution in [0.2, 0.25) is 5.02 Å². The second kappa shape index (κ2) is 11.1. The van der Waals surface area contributed by atoms with E-state index in [0.717, 1.165) is 0 Å². The van der Waals surface area contributed by atoms with Crippen molar-refractivity contribution in [3.63, 3.8) is 0 Å². The van der Waals surface area contributed by atoms with Gasteiger partial charge in [0, 0.05) is 34.6 Å². The molecule has 4 rings (SSSR count). The first-order valence-electron chi connectivity index (χ1n) is 12.0. The maximum atomic E-state index is 14.3. The van der Waals surface area contributed by atoms with Crippen molar-refractivity contribution in [3.05, 3.63) is 94.4 Å². The molecule has 0 saturated carbocycles. The number of halogens is 5. The average Bonchev–Trinajstić information content (AvgIpc) is 2.88. The van der Waals surface area contributed by atoms with Gasteiger partial charge < -0.3 is 15.4 Å². The zero-order chi connectivity index (χ0) is 29.2. The molecular weight excluding hydrogens is 550 g/mol. The highest BCUT2D eigenvalue weighted by Gasteiger charge is 2.31. The van der Waals surface area contributed by atoms with Crippen molar-refractivity contribution in [2.24, 2.45) is 5.41 Å². The molecule has 0 aliphatic carbocycles. The fourth-order valence-electron chi connectivity index (χ4n) is 3.73. The molecule has 0 bridgehead atoms. The summed E-state index contributed by atoms with van der Waals surface area (Å²) in [7, 11) is 0. The summed E-state index contributed by atoms with van der Waals surface area (Å²) in [6, 6.07) is 13.0. The minimum absolute atomic E-state index is 0.151. The van der Waals surface area contributed by atoms with Gasteiger partial charge >= 0.3 is 6.18 Å². The number of carbonyl (C=O) groups is 2. The van der Waals surface area contributed by atoms with Gasteiger partial charge in [-0.1, -0.05) is 44.5 Å². The molecule has 11 heteroatoms. The molecular formula is C29H24ClF4N3O3. The number of amides is 2. The molecule has 0 spiro atoms. The van der Waals surface area contributed by atoms with Gasteiger partial charge in [0.05, 0.1) is 16.1 Å². The molecule has 1 heterocycles. The Bertz CT molecular complexity index is 1600. The number of benzene rings is 3. The predicted molar refractivity (Wildman–Crippen MR) is 144 cm³/mol. The Morgan fingerprint density at radius 1 is 0.975 bits per heavy atom. The van der Waals surface area contributed by atoms with E-state index >= 15 is 0 Å². The minimum atomic E-state index is -4.69. The van der Waals surface area contributed by atoms with Gasteiger partial charge in [-0.15, -0.1) is 0 Å². The van der Waals surface area contributed by atoms with Crippen molar-refractivity contribution in [1.82, 2.24) is 10.3 Å². The van der Waals surface area contributed by atoms with Gasteiger partial charge in [-0.3, -0.25) is 9.59 Å². The molecule has 208 valence electrons. The van der Waals surface area contributed by atoms with E-state index < -0.39 is 34.6 Å². The molecule has 0 radical (unpaired) electrons. The Morgan fingerprint density at radius 3 is 2.42 bits per heavy atom. The Balaban J connectivity index is 1.60. The molecule has 0 atom stereocenters. The van der Waals surface area contributed by atoms with Crippen LogP contribution < -0.4 is 15.4 Å². The fraction of sp³-hybridized carbons (Fsp3) is 0.207. The van der Waals surface area contributed by atoms with Crippen molar-refractivity contribution in [1.29, 1.82) is 0 Å². The zero-order valence-corrected chi connectivity index (χ0v) is 22.4. The maximum absolute atomic E-state index is 14.3. The van der Waals surface area contributed by atoms with Crippen molar-refractivity contribution in [2.75, 3.05) is 5.32 Å². The summed E-state index contributed by atoms with van der Waals surface area (Å²) < 4.78 is 59.1. The standard InChI is InChI=1S/C29H24ClF4N3O3/c1-28(2,3)27(39)36-15-16-7-9-21(30)20(13-16)25(38)37-23-6-4-5-19-18(23)11-12-35-26(19)40-24-14-17(29(32,33)34)8-10-22(24)31/h4-14H,15H2,1-3H3,(H,36,39)(H,37,38). The van der Waals surface area contributed by atoms with E-state index in [1.807, 2.05) is 0 Å². The number of hydrogen-bond acceptors (Lipinski definition) is 4. The van der Waals surface area contributed by atoms with Crippen LogP contribution in [0.4, 0.5) is 23.2 Å². The number of rotatable bonds is 6. The Labute approximate surface area is 232 Å². The summed E-state index contributed by atoms with van der Waals surface area (Å²) in [5.74, 6) is -2.48. The summed E-state index contributed by atoms with van der Waals surface area (Å²) >= 11 is 6.29. The first-order chi connectivity index (χ1) is 18.7. The summed E-state index contributed by atoms with van der Waals surface area (Å²) in [5.41, 5.74) is -0.493. The highest BCUT2D eigenvalue weighted by Crippen LogP contribution is 2.36. The Kier molecular flexibility index (Phi) is 8.02. The van der Waals surface area contributed by atoms with E-state index in [2.05, 4.69) is 15.6 Å². The van der Waals surface area contributed by atoms with Gasteiger partial charge in [0.15, 0.2) is 11.6 Å². The SMILES string of the molecule is CC(C)(C)C(=O)NCc1ccc(Cl)c(C(=O)Nc2cccc3c(Oc4cc(C(F)(F)F)ccc4F)nccc23)c1. The fourth-order valence-corrected chi connectivity index (χ4v) is 3.93. The molecule has 3 aromatic carbocycles. The van der Waals surface area contributed by atoms with Crippen LogP contribution in [0, 0.1) is 11.2 Å². The van der Waals surface area contributed by atoms with Crippen LogP contribution >= 0.6 is 11.6 Å². The molecule has 0 unspecified atom stereocenters. The number of alkyl halides is 3. The van der Waals surface area contributed by atoms with Gasteiger partial charge in [-0.25, -0.2) is 9.37 Å². The van der Waals surface area contributed by atoms with Crippen LogP contribution in [-0.4, -0.2) is 16.8 Å². The van der Waals surface area contributed by atoms with E-state index in [-0.39, 0.29) is 28.9 Å². The first kappa shape index (κ1) is 28.8. The lowest BCUT2D eigenvalue weighted by atomic mass is 9.95. The number of nitrogens with zero attached hydrogens (tertiary/aromatic N) is 1. The lowest BCUT2D eigenvalue weighted by molar-refractivity contribution is -0.137. The molecule has 0 saturated heterocycles. The third kappa shape index (κ3) is 6.51. The number of anilines is 1. The number of hydrogen-bond donors (Lipinski definition) is 2. The molecule has 1 aromatic heterocycles. The number of nitrogens with one attached hydrogen (secondary N) is 2. The lowest BCUT2D eigenvalue weighted by Gasteiger charge is -2.18. The number of ether oxygens (including phenoxy) is 1.